The molecule has 10 heteroatoms. The van der Waals surface area contributed by atoms with Crippen molar-refractivity contribution in [2.24, 2.45) is 0 Å². The van der Waals surface area contributed by atoms with E-state index in [1.54, 1.807) is 41.5 Å². The van der Waals surface area contributed by atoms with Gasteiger partial charge in [-0.25, -0.2) is 14.4 Å². The van der Waals surface area contributed by atoms with E-state index in [4.69, 9.17) is 13.9 Å². The van der Waals surface area contributed by atoms with Crippen LogP contribution in [-0.4, -0.2) is 77.8 Å². The first-order chi connectivity index (χ1) is 18.6. The van der Waals surface area contributed by atoms with Crippen LogP contribution in [0.3, 0.4) is 0 Å². The summed E-state index contributed by atoms with van der Waals surface area (Å²) in [5, 5.41) is 10.5. The Morgan fingerprint density at radius 2 is 1.41 bits per heavy atom. The van der Waals surface area contributed by atoms with E-state index in [1.165, 1.54) is 9.80 Å². The number of hydrogen-bond donors (Lipinski definition) is 1. The summed E-state index contributed by atoms with van der Waals surface area (Å²) in [4.78, 5) is 42.1. The Balaban J connectivity index is 1.98. The lowest BCUT2D eigenvalue weighted by molar-refractivity contribution is -0.134. The molecule has 0 spiro atoms. The fraction of sp³-hybridized carbons (Fsp3) is 0.645. The Kier molecular flexibility index (Phi) is 9.11. The number of nitrogens with zero attached hydrogens (tertiary/aromatic N) is 2. The molecule has 228 valence electrons. The van der Waals surface area contributed by atoms with Crippen LogP contribution in [0.4, 0.5) is 9.59 Å². The highest BCUT2D eigenvalue weighted by Gasteiger charge is 2.49. The molecule has 2 bridgehead atoms. The van der Waals surface area contributed by atoms with E-state index in [-0.39, 0.29) is 30.1 Å². The minimum Gasteiger partial charge on any atom is -0.478 e. The van der Waals surface area contributed by atoms with Crippen molar-refractivity contribution in [1.29, 1.82) is 0 Å². The van der Waals surface area contributed by atoms with E-state index in [0.29, 0.717) is 12.2 Å². The Morgan fingerprint density at radius 3 is 1.90 bits per heavy atom. The van der Waals surface area contributed by atoms with Crippen molar-refractivity contribution < 1.29 is 33.4 Å². The average Bonchev–Trinajstić information content (AvgIpc) is 2.78. The minimum atomic E-state index is -1.92. The summed E-state index contributed by atoms with van der Waals surface area (Å²) in [6, 6.07) is 6.42. The molecule has 2 unspecified atom stereocenters. The first kappa shape index (κ1) is 32.7. The number of carboxylic acid groups (broad SMARTS) is 1. The van der Waals surface area contributed by atoms with Gasteiger partial charge in [0.05, 0.1) is 24.3 Å². The normalized spacial score (nSPS) is 20.2. The molecule has 41 heavy (non-hydrogen) atoms. The lowest BCUT2D eigenvalue weighted by atomic mass is 9.82. The van der Waals surface area contributed by atoms with Crippen molar-refractivity contribution in [3.8, 4) is 0 Å². The number of carbonyl (C=O) groups excluding carboxylic acids is 2. The summed E-state index contributed by atoms with van der Waals surface area (Å²) >= 11 is 0. The van der Waals surface area contributed by atoms with Gasteiger partial charge in [-0.1, -0.05) is 45.0 Å². The van der Waals surface area contributed by atoms with Crippen molar-refractivity contribution in [2.75, 3.05) is 13.1 Å². The van der Waals surface area contributed by atoms with Gasteiger partial charge < -0.3 is 23.9 Å². The maximum absolute atomic E-state index is 13.4. The van der Waals surface area contributed by atoms with Gasteiger partial charge in [0.1, 0.15) is 11.2 Å². The number of amides is 2. The number of carboxylic acids is 1. The Hall–Kier alpha value is -2.85. The number of rotatable bonds is 5. The molecule has 9 nitrogen and oxygen atoms in total. The highest BCUT2D eigenvalue weighted by molar-refractivity contribution is 6.74. The quantitative estimate of drug-likeness (QED) is 0.383. The molecular weight excluding hydrogens is 540 g/mol. The summed E-state index contributed by atoms with van der Waals surface area (Å²) < 4.78 is 17.6. The van der Waals surface area contributed by atoms with Gasteiger partial charge in [0, 0.05) is 13.1 Å². The van der Waals surface area contributed by atoms with Crippen molar-refractivity contribution in [1.82, 2.24) is 9.80 Å². The van der Waals surface area contributed by atoms with Gasteiger partial charge in [-0.05, 0) is 82.8 Å². The zero-order valence-corrected chi connectivity index (χ0v) is 27.6. The highest BCUT2D eigenvalue weighted by Crippen LogP contribution is 2.40. The molecule has 2 atom stereocenters. The highest BCUT2D eigenvalue weighted by atomic mass is 28.4. The lowest BCUT2D eigenvalue weighted by Gasteiger charge is -2.50. The SMILES string of the molecule is CC(C)(C)OC(=O)N1CC2CC(c3ccc(CO[Si](C)(C)C(C)(C)C)cc3)=C(C(=O)O)C(C1)N2C(=O)OC(C)(C)C. The van der Waals surface area contributed by atoms with Gasteiger partial charge in [0.25, 0.3) is 0 Å². The Bertz CT molecular complexity index is 1190. The second-order valence-electron chi connectivity index (χ2n) is 14.6. The van der Waals surface area contributed by atoms with E-state index in [1.807, 2.05) is 24.3 Å². The average molecular weight is 589 g/mol. The van der Waals surface area contributed by atoms with Crippen LogP contribution >= 0.6 is 0 Å². The first-order valence-electron chi connectivity index (χ1n) is 14.3. The molecule has 1 aromatic carbocycles. The van der Waals surface area contributed by atoms with E-state index in [9.17, 15) is 19.5 Å². The zero-order chi connectivity index (χ0) is 31.1. The summed E-state index contributed by atoms with van der Waals surface area (Å²) in [7, 11) is -1.92. The van der Waals surface area contributed by atoms with E-state index >= 15 is 0 Å². The number of aliphatic carboxylic acids is 1. The van der Waals surface area contributed by atoms with E-state index in [2.05, 4.69) is 33.9 Å². The molecule has 1 aromatic rings. The van der Waals surface area contributed by atoms with Crippen LogP contribution in [-0.2, 0) is 25.3 Å². The fourth-order valence-corrected chi connectivity index (χ4v) is 5.76. The molecular formula is C31H48N2O7Si. The summed E-state index contributed by atoms with van der Waals surface area (Å²) in [5.74, 6) is -1.13. The topological polar surface area (TPSA) is 106 Å². The van der Waals surface area contributed by atoms with Gasteiger partial charge in [-0.15, -0.1) is 0 Å². The van der Waals surface area contributed by atoms with Crippen molar-refractivity contribution in [2.45, 2.75) is 117 Å². The largest absolute Gasteiger partial charge is 0.478 e. The third-order valence-electron chi connectivity index (χ3n) is 7.85. The molecule has 2 heterocycles. The zero-order valence-electron chi connectivity index (χ0n) is 26.6. The summed E-state index contributed by atoms with van der Waals surface area (Å²) in [6.45, 7) is 22.4. The molecule has 1 N–H and O–H groups in total. The van der Waals surface area contributed by atoms with Gasteiger partial charge in [-0.2, -0.15) is 0 Å². The second-order valence-corrected chi connectivity index (χ2v) is 19.4. The van der Waals surface area contributed by atoms with Crippen molar-refractivity contribution in [3.05, 3.63) is 41.0 Å². The van der Waals surface area contributed by atoms with E-state index in [0.717, 1.165) is 11.1 Å². The maximum Gasteiger partial charge on any atom is 0.411 e. The molecule has 1 saturated heterocycles. The second kappa shape index (κ2) is 11.4. The third-order valence-corrected chi connectivity index (χ3v) is 12.3. The minimum absolute atomic E-state index is 0.00573. The number of carbonyl (C=O) groups is 3. The van der Waals surface area contributed by atoms with Crippen molar-refractivity contribution in [3.63, 3.8) is 0 Å². The van der Waals surface area contributed by atoms with Crippen LogP contribution < -0.4 is 0 Å². The number of hydrogen-bond acceptors (Lipinski definition) is 6. The van der Waals surface area contributed by atoms with Crippen LogP contribution in [0, 0.1) is 0 Å². The molecule has 3 rings (SSSR count). The van der Waals surface area contributed by atoms with Crippen LogP contribution in [0.1, 0.15) is 79.9 Å². The van der Waals surface area contributed by atoms with Crippen LogP contribution in [0.5, 0.6) is 0 Å². The van der Waals surface area contributed by atoms with Crippen molar-refractivity contribution >= 4 is 32.0 Å². The van der Waals surface area contributed by atoms with Gasteiger partial charge in [0.2, 0.25) is 0 Å². The third kappa shape index (κ3) is 7.91. The summed E-state index contributed by atoms with van der Waals surface area (Å²) in [5.41, 5.74) is 1.08. The Morgan fingerprint density at radius 1 is 0.878 bits per heavy atom. The van der Waals surface area contributed by atoms with Crippen LogP contribution in [0.25, 0.3) is 5.57 Å². The molecule has 1 fully saturated rings. The molecule has 0 saturated carbocycles. The number of fused-ring (bicyclic) bond motifs is 2. The number of benzene rings is 1. The predicted octanol–water partition coefficient (Wildman–Crippen LogP) is 6.68. The smallest absolute Gasteiger partial charge is 0.411 e. The summed E-state index contributed by atoms with van der Waals surface area (Å²) in [6.07, 6.45) is -0.862. The monoisotopic (exact) mass is 588 g/mol. The van der Waals surface area contributed by atoms with Gasteiger partial charge in [0.15, 0.2) is 8.32 Å². The Labute approximate surface area is 245 Å². The standard InChI is InChI=1S/C31H48N2O7Si/c1-29(2,3)39-27(36)32-17-22-16-23(21-14-12-20(13-15-21)19-38-41(10,11)31(7,8)9)25(26(34)35)24(18-32)33(22)28(37)40-30(4,5)6/h12-15,22,24H,16-19H2,1-11H3,(H,34,35). The van der Waals surface area contributed by atoms with Gasteiger partial charge in [-0.3, -0.25) is 4.90 Å². The molecule has 2 amide bonds. The molecule has 2 aliphatic heterocycles. The first-order valence-corrected chi connectivity index (χ1v) is 17.2. The van der Waals surface area contributed by atoms with E-state index < -0.39 is 49.8 Å². The molecule has 0 aliphatic carbocycles. The number of piperazine rings is 1. The van der Waals surface area contributed by atoms with Crippen LogP contribution in [0.2, 0.25) is 18.1 Å². The molecule has 0 aromatic heterocycles. The number of ether oxygens (including phenoxy) is 2. The maximum atomic E-state index is 13.4. The molecule has 0 radical (unpaired) electrons. The lowest BCUT2D eigenvalue weighted by Crippen LogP contribution is -2.65. The van der Waals surface area contributed by atoms with Gasteiger partial charge >= 0.3 is 18.2 Å². The van der Waals surface area contributed by atoms with Crippen LogP contribution in [0.15, 0.2) is 29.8 Å². The predicted molar refractivity (Wildman–Crippen MR) is 161 cm³/mol. The fourth-order valence-electron chi connectivity index (χ4n) is 4.80. The molecule has 2 aliphatic rings.